The zero-order chi connectivity index (χ0) is 15.7. The number of hydrogen-bond acceptors (Lipinski definition) is 2. The molecule has 4 heteroatoms. The SMILES string of the molecule is CC(C)n1c(COc2ccccc2Cl)cc2cc(N)ccc21. The summed E-state index contributed by atoms with van der Waals surface area (Å²) in [6.07, 6.45) is 0. The third-order valence-corrected chi connectivity index (χ3v) is 3.98. The molecule has 0 unspecified atom stereocenters. The number of nitrogen functional groups attached to an aromatic ring is 1. The van der Waals surface area contributed by atoms with E-state index in [0.29, 0.717) is 23.4 Å². The molecule has 2 N–H and O–H groups in total. The van der Waals surface area contributed by atoms with Crippen molar-refractivity contribution < 1.29 is 4.74 Å². The van der Waals surface area contributed by atoms with E-state index in [9.17, 15) is 0 Å². The number of para-hydroxylation sites is 1. The summed E-state index contributed by atoms with van der Waals surface area (Å²) < 4.78 is 8.16. The average molecular weight is 315 g/mol. The minimum absolute atomic E-state index is 0.339. The van der Waals surface area contributed by atoms with E-state index < -0.39 is 0 Å². The predicted octanol–water partition coefficient (Wildman–Crippen LogP) is 5.04. The lowest BCUT2D eigenvalue weighted by molar-refractivity contribution is 0.293. The Morgan fingerprint density at radius 3 is 2.64 bits per heavy atom. The van der Waals surface area contributed by atoms with Gasteiger partial charge in [-0.1, -0.05) is 23.7 Å². The molecule has 3 rings (SSSR count). The Kier molecular flexibility index (Phi) is 3.99. The van der Waals surface area contributed by atoms with Crippen molar-refractivity contribution >= 4 is 28.2 Å². The first kappa shape index (κ1) is 14.8. The van der Waals surface area contributed by atoms with E-state index in [1.54, 1.807) is 0 Å². The Morgan fingerprint density at radius 2 is 1.91 bits per heavy atom. The number of nitrogens with zero attached hydrogens (tertiary/aromatic N) is 1. The molecule has 0 saturated heterocycles. The first-order chi connectivity index (χ1) is 10.6. The highest BCUT2D eigenvalue weighted by Crippen LogP contribution is 2.28. The third kappa shape index (κ3) is 2.77. The summed E-state index contributed by atoms with van der Waals surface area (Å²) in [5.41, 5.74) is 8.93. The second-order valence-electron chi connectivity index (χ2n) is 5.64. The van der Waals surface area contributed by atoms with Gasteiger partial charge >= 0.3 is 0 Å². The Morgan fingerprint density at radius 1 is 1.14 bits per heavy atom. The fourth-order valence-electron chi connectivity index (χ4n) is 2.75. The van der Waals surface area contributed by atoms with Crippen molar-refractivity contribution in [3.05, 3.63) is 59.2 Å². The van der Waals surface area contributed by atoms with Crippen molar-refractivity contribution in [2.24, 2.45) is 0 Å². The highest BCUT2D eigenvalue weighted by molar-refractivity contribution is 6.32. The summed E-state index contributed by atoms with van der Waals surface area (Å²) in [5.74, 6) is 0.698. The molecule has 0 aliphatic heterocycles. The van der Waals surface area contributed by atoms with Gasteiger partial charge < -0.3 is 15.0 Å². The molecule has 1 aromatic heterocycles. The fourth-order valence-corrected chi connectivity index (χ4v) is 2.94. The van der Waals surface area contributed by atoms with Gasteiger partial charge in [0.15, 0.2) is 0 Å². The normalized spacial score (nSPS) is 11.3. The number of fused-ring (bicyclic) bond motifs is 1. The molecule has 3 aromatic rings. The van der Waals surface area contributed by atoms with E-state index in [1.165, 1.54) is 5.52 Å². The summed E-state index contributed by atoms with van der Waals surface area (Å²) in [5, 5.41) is 1.76. The van der Waals surface area contributed by atoms with Gasteiger partial charge in [0.05, 0.1) is 10.7 Å². The van der Waals surface area contributed by atoms with Gasteiger partial charge in [0.2, 0.25) is 0 Å². The van der Waals surface area contributed by atoms with Crippen LogP contribution < -0.4 is 10.5 Å². The highest BCUT2D eigenvalue weighted by atomic mass is 35.5. The monoisotopic (exact) mass is 314 g/mol. The number of nitrogens with two attached hydrogens (primary N) is 1. The molecule has 2 aromatic carbocycles. The van der Waals surface area contributed by atoms with Gasteiger partial charge in [-0.15, -0.1) is 0 Å². The lowest BCUT2D eigenvalue weighted by Gasteiger charge is -2.15. The number of hydrogen-bond donors (Lipinski definition) is 1. The fraction of sp³-hybridized carbons (Fsp3) is 0.222. The molecular formula is C18H19ClN2O. The van der Waals surface area contributed by atoms with Gasteiger partial charge in [0, 0.05) is 22.6 Å². The van der Waals surface area contributed by atoms with Crippen LogP contribution in [-0.4, -0.2) is 4.57 Å². The molecule has 0 aliphatic rings. The van der Waals surface area contributed by atoms with Crippen LogP contribution in [-0.2, 0) is 6.61 Å². The summed E-state index contributed by atoms with van der Waals surface area (Å²) >= 11 is 6.14. The Hall–Kier alpha value is -2.13. The van der Waals surface area contributed by atoms with Gasteiger partial charge in [0.25, 0.3) is 0 Å². The smallest absolute Gasteiger partial charge is 0.138 e. The van der Waals surface area contributed by atoms with Crippen LogP contribution in [0.3, 0.4) is 0 Å². The molecule has 0 fully saturated rings. The van der Waals surface area contributed by atoms with Crippen molar-refractivity contribution in [1.82, 2.24) is 4.57 Å². The van der Waals surface area contributed by atoms with Crippen molar-refractivity contribution in [2.75, 3.05) is 5.73 Å². The summed E-state index contributed by atoms with van der Waals surface area (Å²) in [7, 11) is 0. The molecule has 22 heavy (non-hydrogen) atoms. The molecule has 3 nitrogen and oxygen atoms in total. The molecule has 0 aliphatic carbocycles. The van der Waals surface area contributed by atoms with E-state index in [2.05, 4.69) is 30.5 Å². The summed E-state index contributed by atoms with van der Waals surface area (Å²) in [6, 6.07) is 16.0. The quantitative estimate of drug-likeness (QED) is 0.685. The largest absolute Gasteiger partial charge is 0.486 e. The van der Waals surface area contributed by atoms with Crippen molar-refractivity contribution in [1.29, 1.82) is 0 Å². The average Bonchev–Trinajstić information content (AvgIpc) is 2.84. The van der Waals surface area contributed by atoms with Crippen LogP contribution in [0.25, 0.3) is 10.9 Å². The predicted molar refractivity (Wildman–Crippen MR) is 92.5 cm³/mol. The first-order valence-corrected chi connectivity index (χ1v) is 7.70. The zero-order valence-corrected chi connectivity index (χ0v) is 13.5. The molecule has 0 amide bonds. The number of anilines is 1. The van der Waals surface area contributed by atoms with E-state index >= 15 is 0 Å². The maximum Gasteiger partial charge on any atom is 0.138 e. The van der Waals surface area contributed by atoms with Crippen molar-refractivity contribution in [3.8, 4) is 5.75 Å². The number of halogens is 1. The van der Waals surface area contributed by atoms with Crippen LogP contribution in [0, 0.1) is 0 Å². The Balaban J connectivity index is 1.96. The molecule has 1 heterocycles. The second-order valence-corrected chi connectivity index (χ2v) is 6.04. The summed E-state index contributed by atoms with van der Waals surface area (Å²) in [4.78, 5) is 0. The minimum Gasteiger partial charge on any atom is -0.486 e. The molecule has 0 atom stereocenters. The van der Waals surface area contributed by atoms with Gasteiger partial charge in [-0.3, -0.25) is 0 Å². The minimum atomic E-state index is 0.339. The van der Waals surface area contributed by atoms with Gasteiger partial charge in [0.1, 0.15) is 12.4 Å². The van der Waals surface area contributed by atoms with Gasteiger partial charge in [-0.2, -0.15) is 0 Å². The second kappa shape index (κ2) is 5.93. The molecule has 0 spiro atoms. The lowest BCUT2D eigenvalue weighted by atomic mass is 10.2. The highest BCUT2D eigenvalue weighted by Gasteiger charge is 2.12. The number of ether oxygens (including phenoxy) is 1. The standard InChI is InChI=1S/C18H19ClN2O/c1-12(2)21-15(10-13-9-14(20)7-8-17(13)21)11-22-18-6-4-3-5-16(18)19/h3-10,12H,11,20H2,1-2H3. The first-order valence-electron chi connectivity index (χ1n) is 7.33. The Bertz CT molecular complexity index is 808. The van der Waals surface area contributed by atoms with Crippen LogP contribution in [0.2, 0.25) is 5.02 Å². The maximum atomic E-state index is 6.14. The molecule has 0 radical (unpaired) electrons. The van der Waals surface area contributed by atoms with Gasteiger partial charge in [-0.05, 0) is 50.2 Å². The lowest BCUT2D eigenvalue weighted by Crippen LogP contribution is -2.08. The molecule has 0 saturated carbocycles. The molecular weight excluding hydrogens is 296 g/mol. The van der Waals surface area contributed by atoms with E-state index in [1.807, 2.05) is 36.4 Å². The van der Waals surface area contributed by atoms with Crippen LogP contribution in [0.4, 0.5) is 5.69 Å². The molecule has 114 valence electrons. The number of benzene rings is 2. The van der Waals surface area contributed by atoms with E-state index in [-0.39, 0.29) is 0 Å². The topological polar surface area (TPSA) is 40.2 Å². The van der Waals surface area contributed by atoms with Crippen LogP contribution in [0.5, 0.6) is 5.75 Å². The van der Waals surface area contributed by atoms with Crippen LogP contribution in [0.15, 0.2) is 48.5 Å². The van der Waals surface area contributed by atoms with Crippen LogP contribution >= 0.6 is 11.6 Å². The van der Waals surface area contributed by atoms with Crippen molar-refractivity contribution in [3.63, 3.8) is 0 Å². The Labute approximate surface area is 135 Å². The maximum absolute atomic E-state index is 6.14. The van der Waals surface area contributed by atoms with Crippen LogP contribution in [0.1, 0.15) is 25.6 Å². The van der Waals surface area contributed by atoms with E-state index in [4.69, 9.17) is 22.1 Å². The molecule has 0 bridgehead atoms. The van der Waals surface area contributed by atoms with E-state index in [0.717, 1.165) is 16.8 Å². The third-order valence-electron chi connectivity index (χ3n) is 3.67. The van der Waals surface area contributed by atoms with Crippen molar-refractivity contribution in [2.45, 2.75) is 26.5 Å². The summed E-state index contributed by atoms with van der Waals surface area (Å²) in [6.45, 7) is 4.79. The number of rotatable bonds is 4. The number of aromatic nitrogens is 1. The zero-order valence-electron chi connectivity index (χ0n) is 12.7. The van der Waals surface area contributed by atoms with Gasteiger partial charge in [-0.25, -0.2) is 0 Å².